The number of aromatic nitrogens is 2. The molecule has 0 aliphatic rings. The Hall–Kier alpha value is -2.66. The highest BCUT2D eigenvalue weighted by molar-refractivity contribution is 5.84. The molecular formula is C16H15N3O2. The molecule has 0 aliphatic carbocycles. The van der Waals surface area contributed by atoms with E-state index in [-0.39, 0.29) is 0 Å². The highest BCUT2D eigenvalue weighted by Crippen LogP contribution is 2.21. The van der Waals surface area contributed by atoms with E-state index in [4.69, 9.17) is 5.21 Å². The lowest BCUT2D eigenvalue weighted by Crippen LogP contribution is -2.32. The van der Waals surface area contributed by atoms with E-state index >= 15 is 0 Å². The third kappa shape index (κ3) is 2.64. The smallest absolute Gasteiger partial charge is 0.268 e. The third-order valence-corrected chi connectivity index (χ3v) is 3.48. The topological polar surface area (TPSA) is 67.2 Å². The van der Waals surface area contributed by atoms with Gasteiger partial charge in [0.15, 0.2) is 0 Å². The van der Waals surface area contributed by atoms with Gasteiger partial charge in [0, 0.05) is 11.8 Å². The maximum absolute atomic E-state index is 12.0. The van der Waals surface area contributed by atoms with Crippen molar-refractivity contribution in [2.24, 2.45) is 0 Å². The van der Waals surface area contributed by atoms with Crippen LogP contribution in [0.4, 0.5) is 0 Å². The zero-order chi connectivity index (χ0) is 14.7. The van der Waals surface area contributed by atoms with Crippen LogP contribution in [0, 0.1) is 0 Å². The molecule has 0 bridgehead atoms. The number of benzene rings is 2. The van der Waals surface area contributed by atoms with Crippen molar-refractivity contribution in [2.75, 3.05) is 0 Å². The van der Waals surface area contributed by atoms with Crippen LogP contribution in [0.25, 0.3) is 10.9 Å². The van der Waals surface area contributed by atoms with E-state index in [9.17, 15) is 4.79 Å². The molecule has 1 atom stereocenters. The Balaban J connectivity index is 2.01. The molecule has 0 saturated heterocycles. The molecule has 106 valence electrons. The molecular weight excluding hydrogens is 266 g/mol. The molecule has 2 N–H and O–H groups in total. The molecule has 5 heteroatoms. The predicted molar refractivity (Wildman–Crippen MR) is 78.8 cm³/mol. The van der Waals surface area contributed by atoms with E-state index < -0.39 is 11.9 Å². The first-order chi connectivity index (χ1) is 10.3. The van der Waals surface area contributed by atoms with Gasteiger partial charge in [0.1, 0.15) is 6.04 Å². The van der Waals surface area contributed by atoms with E-state index in [1.54, 1.807) is 16.4 Å². The van der Waals surface area contributed by atoms with Crippen molar-refractivity contribution in [2.45, 2.75) is 12.5 Å². The van der Waals surface area contributed by atoms with Gasteiger partial charge in [0.2, 0.25) is 0 Å². The zero-order valence-corrected chi connectivity index (χ0v) is 11.3. The number of carbonyl (C=O) groups excluding carboxylic acids is 1. The number of hydrogen-bond donors (Lipinski definition) is 2. The Kier molecular flexibility index (Phi) is 3.66. The maximum atomic E-state index is 12.0. The first-order valence-corrected chi connectivity index (χ1v) is 6.69. The summed E-state index contributed by atoms with van der Waals surface area (Å²) >= 11 is 0. The Morgan fingerprint density at radius 1 is 1.14 bits per heavy atom. The van der Waals surface area contributed by atoms with Crippen molar-refractivity contribution in [3.8, 4) is 0 Å². The quantitative estimate of drug-likeness (QED) is 0.569. The van der Waals surface area contributed by atoms with Crippen molar-refractivity contribution in [3.63, 3.8) is 0 Å². The molecule has 0 fully saturated rings. The summed E-state index contributed by atoms with van der Waals surface area (Å²) in [6.45, 7) is 0. The fourth-order valence-corrected chi connectivity index (χ4v) is 2.44. The maximum Gasteiger partial charge on any atom is 0.268 e. The van der Waals surface area contributed by atoms with Crippen LogP contribution in [0.1, 0.15) is 11.6 Å². The van der Waals surface area contributed by atoms with Gasteiger partial charge in [0.05, 0.1) is 11.7 Å². The lowest BCUT2D eigenvalue weighted by molar-refractivity contribution is -0.132. The summed E-state index contributed by atoms with van der Waals surface area (Å²) in [5, 5.41) is 14.3. The average Bonchev–Trinajstić information content (AvgIpc) is 2.97. The molecule has 1 heterocycles. The van der Waals surface area contributed by atoms with E-state index in [1.165, 1.54) is 0 Å². The van der Waals surface area contributed by atoms with Crippen molar-refractivity contribution in [1.29, 1.82) is 0 Å². The van der Waals surface area contributed by atoms with Gasteiger partial charge in [-0.1, -0.05) is 48.5 Å². The number of para-hydroxylation sites is 1. The summed E-state index contributed by atoms with van der Waals surface area (Å²) in [5.41, 5.74) is 3.61. The number of nitrogens with zero attached hydrogens (tertiary/aromatic N) is 2. The molecule has 2 aromatic carbocycles. The Morgan fingerprint density at radius 2 is 1.86 bits per heavy atom. The number of fused-ring (bicyclic) bond motifs is 1. The minimum absolute atomic E-state index is 0.457. The number of carbonyl (C=O) groups is 1. The molecule has 21 heavy (non-hydrogen) atoms. The highest BCUT2D eigenvalue weighted by atomic mass is 16.5. The summed E-state index contributed by atoms with van der Waals surface area (Å²) in [5.74, 6) is -0.479. The molecule has 3 aromatic rings. The monoisotopic (exact) mass is 281 g/mol. The van der Waals surface area contributed by atoms with E-state index in [0.717, 1.165) is 16.5 Å². The molecule has 1 aromatic heterocycles. The molecule has 1 unspecified atom stereocenters. The standard InChI is InChI=1S/C16H15N3O2/c20-16(18-21)15(10-12-6-2-1-3-7-12)19-14-9-5-4-8-13(14)11-17-19/h1-9,11,15,21H,10H2,(H,18,20). The minimum Gasteiger partial charge on any atom is -0.289 e. The van der Waals surface area contributed by atoms with Gasteiger partial charge < -0.3 is 0 Å². The predicted octanol–water partition coefficient (Wildman–Crippen LogP) is 2.33. The third-order valence-electron chi connectivity index (χ3n) is 3.48. The van der Waals surface area contributed by atoms with Gasteiger partial charge in [-0.3, -0.25) is 14.7 Å². The summed E-state index contributed by atoms with van der Waals surface area (Å²) in [6.07, 6.45) is 2.18. The zero-order valence-electron chi connectivity index (χ0n) is 11.3. The molecule has 0 saturated carbocycles. The Labute approximate surface area is 121 Å². The van der Waals surface area contributed by atoms with Gasteiger partial charge in [-0.15, -0.1) is 0 Å². The first-order valence-electron chi connectivity index (χ1n) is 6.69. The highest BCUT2D eigenvalue weighted by Gasteiger charge is 2.23. The average molecular weight is 281 g/mol. The van der Waals surface area contributed by atoms with Gasteiger partial charge in [0.25, 0.3) is 5.91 Å². The second kappa shape index (κ2) is 5.76. The molecule has 0 aliphatic heterocycles. The van der Waals surface area contributed by atoms with Crippen LogP contribution in [0.2, 0.25) is 0 Å². The summed E-state index contributed by atoms with van der Waals surface area (Å²) in [6, 6.07) is 16.7. The van der Waals surface area contributed by atoms with Crippen LogP contribution in [0.3, 0.4) is 0 Å². The normalized spacial score (nSPS) is 12.2. The van der Waals surface area contributed by atoms with Crippen LogP contribution < -0.4 is 5.48 Å². The van der Waals surface area contributed by atoms with Crippen LogP contribution in [-0.2, 0) is 11.2 Å². The van der Waals surface area contributed by atoms with Crippen LogP contribution in [0.15, 0.2) is 60.8 Å². The van der Waals surface area contributed by atoms with Crippen LogP contribution in [-0.4, -0.2) is 20.9 Å². The van der Waals surface area contributed by atoms with Crippen LogP contribution >= 0.6 is 0 Å². The second-order valence-corrected chi connectivity index (χ2v) is 4.83. The first kappa shape index (κ1) is 13.3. The molecule has 5 nitrogen and oxygen atoms in total. The fourth-order valence-electron chi connectivity index (χ4n) is 2.44. The number of hydrogen-bond acceptors (Lipinski definition) is 3. The molecule has 0 spiro atoms. The number of amides is 1. The van der Waals surface area contributed by atoms with Crippen LogP contribution in [0.5, 0.6) is 0 Å². The molecule has 3 rings (SSSR count). The summed E-state index contributed by atoms with van der Waals surface area (Å²) in [7, 11) is 0. The lowest BCUT2D eigenvalue weighted by atomic mass is 10.1. The Bertz CT molecular complexity index is 752. The van der Waals surface area contributed by atoms with Crippen molar-refractivity contribution >= 4 is 16.8 Å². The number of hydroxylamine groups is 1. The van der Waals surface area contributed by atoms with Gasteiger partial charge in [-0.25, -0.2) is 5.48 Å². The van der Waals surface area contributed by atoms with E-state index in [0.29, 0.717) is 6.42 Å². The van der Waals surface area contributed by atoms with Gasteiger partial charge >= 0.3 is 0 Å². The SMILES string of the molecule is O=C(NO)C(Cc1ccccc1)n1ncc2ccccc21. The van der Waals surface area contributed by atoms with Gasteiger partial charge in [-0.2, -0.15) is 5.10 Å². The molecule has 1 amide bonds. The summed E-state index contributed by atoms with van der Waals surface area (Å²) in [4.78, 5) is 12.0. The molecule has 0 radical (unpaired) electrons. The number of rotatable bonds is 4. The number of nitrogens with one attached hydrogen (secondary N) is 1. The van der Waals surface area contributed by atoms with Crippen molar-refractivity contribution in [3.05, 3.63) is 66.4 Å². The van der Waals surface area contributed by atoms with E-state index in [1.807, 2.05) is 54.6 Å². The van der Waals surface area contributed by atoms with Gasteiger partial charge in [-0.05, 0) is 11.6 Å². The van der Waals surface area contributed by atoms with Crippen molar-refractivity contribution < 1.29 is 10.0 Å². The summed E-state index contributed by atoms with van der Waals surface area (Å²) < 4.78 is 1.65. The Morgan fingerprint density at radius 3 is 2.62 bits per heavy atom. The largest absolute Gasteiger partial charge is 0.289 e. The fraction of sp³-hybridized carbons (Fsp3) is 0.125. The minimum atomic E-state index is -0.600. The lowest BCUT2D eigenvalue weighted by Gasteiger charge is -2.16. The second-order valence-electron chi connectivity index (χ2n) is 4.83. The van der Waals surface area contributed by atoms with Crippen molar-refractivity contribution in [1.82, 2.24) is 15.3 Å². The van der Waals surface area contributed by atoms with E-state index in [2.05, 4.69) is 5.10 Å².